The van der Waals surface area contributed by atoms with E-state index in [2.05, 4.69) is 36.7 Å². The van der Waals surface area contributed by atoms with Gasteiger partial charge in [0, 0.05) is 22.6 Å². The van der Waals surface area contributed by atoms with E-state index in [9.17, 15) is 13.2 Å². The zero-order valence-electron chi connectivity index (χ0n) is 25.7. The third-order valence-electron chi connectivity index (χ3n) is 7.93. The molecule has 1 atom stereocenters. The van der Waals surface area contributed by atoms with Gasteiger partial charge < -0.3 is 10.6 Å². The first-order chi connectivity index (χ1) is 21.0. The first-order valence-electron chi connectivity index (χ1n) is 15.0. The molecule has 1 saturated heterocycles. The quantitative estimate of drug-likeness (QED) is 0.195. The standard InChI is InChI=1S/C35H41N5O3S/c1-25-14-16-28(17-15-25)40-32(24-31(39-40)35(2,3)4)38-34(41)37-30-13-9-8-12-29(30)33(27-18-21-36-22-19-27)44(42,43)23-20-26-10-6-5-7-11-26/h5-17,20,23-24,27,33,36H,18-19,21-22H2,1-4H3,(H2,37,38,41). The number of aryl methyl sites for hydroxylation is 1. The van der Waals surface area contributed by atoms with Crippen molar-refractivity contribution in [1.82, 2.24) is 15.1 Å². The second kappa shape index (κ2) is 13.2. The lowest BCUT2D eigenvalue weighted by Gasteiger charge is -2.31. The summed E-state index contributed by atoms with van der Waals surface area (Å²) in [6, 6.07) is 25.9. The van der Waals surface area contributed by atoms with Gasteiger partial charge in [-0.3, -0.25) is 5.32 Å². The largest absolute Gasteiger partial charge is 0.324 e. The fraction of sp³-hybridized carbons (Fsp3) is 0.314. The Morgan fingerprint density at radius 3 is 2.30 bits per heavy atom. The van der Waals surface area contributed by atoms with Gasteiger partial charge in [-0.05, 0) is 74.2 Å². The molecule has 2 amide bonds. The molecule has 1 aliphatic rings. The van der Waals surface area contributed by atoms with Gasteiger partial charge in [-0.25, -0.2) is 17.9 Å². The Morgan fingerprint density at radius 2 is 1.61 bits per heavy atom. The van der Waals surface area contributed by atoms with Gasteiger partial charge in [0.15, 0.2) is 9.84 Å². The third-order valence-corrected chi connectivity index (χ3v) is 9.79. The lowest BCUT2D eigenvalue weighted by Crippen LogP contribution is -2.33. The van der Waals surface area contributed by atoms with Gasteiger partial charge >= 0.3 is 6.03 Å². The monoisotopic (exact) mass is 611 g/mol. The number of hydrogen-bond donors (Lipinski definition) is 3. The van der Waals surface area contributed by atoms with Crippen molar-refractivity contribution >= 4 is 33.4 Å². The highest BCUT2D eigenvalue weighted by Crippen LogP contribution is 2.40. The minimum absolute atomic E-state index is 0.106. The summed E-state index contributed by atoms with van der Waals surface area (Å²) in [6.07, 6.45) is 3.08. The van der Waals surface area contributed by atoms with Crippen LogP contribution in [0.25, 0.3) is 11.8 Å². The SMILES string of the molecule is Cc1ccc(-n2nc(C(C)(C)C)cc2NC(=O)Nc2ccccc2C(C2CCNCC2)S(=O)(=O)C=Cc2ccccc2)cc1. The maximum atomic E-state index is 14.0. The van der Waals surface area contributed by atoms with E-state index < -0.39 is 21.1 Å². The number of carbonyl (C=O) groups excluding carboxylic acids is 1. The van der Waals surface area contributed by atoms with Crippen LogP contribution in [-0.4, -0.2) is 37.3 Å². The predicted octanol–water partition coefficient (Wildman–Crippen LogP) is 7.25. The average Bonchev–Trinajstić information content (AvgIpc) is 3.43. The van der Waals surface area contributed by atoms with Crippen LogP contribution in [0.4, 0.5) is 16.3 Å². The highest BCUT2D eigenvalue weighted by molar-refractivity contribution is 7.94. The molecule has 0 aliphatic carbocycles. The summed E-state index contributed by atoms with van der Waals surface area (Å²) in [7, 11) is -3.74. The highest BCUT2D eigenvalue weighted by Gasteiger charge is 2.36. The van der Waals surface area contributed by atoms with Crippen molar-refractivity contribution in [3.63, 3.8) is 0 Å². The summed E-state index contributed by atoms with van der Waals surface area (Å²) in [5, 5.41) is 14.6. The Morgan fingerprint density at radius 1 is 0.955 bits per heavy atom. The second-order valence-corrected chi connectivity index (χ2v) is 14.3. The van der Waals surface area contributed by atoms with Crippen molar-refractivity contribution in [2.45, 2.75) is 51.2 Å². The minimum atomic E-state index is -3.74. The Balaban J connectivity index is 1.46. The molecule has 9 heteroatoms. The smallest absolute Gasteiger partial charge is 0.317 e. The molecule has 3 aromatic carbocycles. The molecule has 1 unspecified atom stereocenters. The molecule has 0 bridgehead atoms. The number of piperidine rings is 1. The number of urea groups is 1. The van der Waals surface area contributed by atoms with Crippen molar-refractivity contribution in [1.29, 1.82) is 0 Å². The zero-order valence-corrected chi connectivity index (χ0v) is 26.6. The van der Waals surface area contributed by atoms with Crippen LogP contribution >= 0.6 is 0 Å². The second-order valence-electron chi connectivity index (χ2n) is 12.4. The molecule has 4 aromatic rings. The van der Waals surface area contributed by atoms with E-state index in [4.69, 9.17) is 5.10 Å². The molecule has 3 N–H and O–H groups in total. The number of para-hydroxylation sites is 1. The number of nitrogens with one attached hydrogen (secondary N) is 3. The number of carbonyl (C=O) groups is 1. The summed E-state index contributed by atoms with van der Waals surface area (Å²) >= 11 is 0. The van der Waals surface area contributed by atoms with Crippen LogP contribution in [0.2, 0.25) is 0 Å². The fourth-order valence-electron chi connectivity index (χ4n) is 5.52. The van der Waals surface area contributed by atoms with Gasteiger partial charge in [-0.2, -0.15) is 5.10 Å². The van der Waals surface area contributed by atoms with E-state index in [0.717, 1.165) is 48.4 Å². The van der Waals surface area contributed by atoms with Crippen LogP contribution in [0.15, 0.2) is 90.3 Å². The molecule has 2 heterocycles. The van der Waals surface area contributed by atoms with Crippen LogP contribution in [0.5, 0.6) is 0 Å². The van der Waals surface area contributed by atoms with E-state index in [1.54, 1.807) is 22.9 Å². The lowest BCUT2D eigenvalue weighted by molar-refractivity contribution is 0.262. The molecule has 0 radical (unpaired) electrons. The van der Waals surface area contributed by atoms with Gasteiger partial charge in [0.05, 0.1) is 16.6 Å². The summed E-state index contributed by atoms with van der Waals surface area (Å²) < 4.78 is 29.7. The number of hydrogen-bond acceptors (Lipinski definition) is 5. The zero-order chi connectivity index (χ0) is 31.3. The van der Waals surface area contributed by atoms with Crippen LogP contribution < -0.4 is 16.0 Å². The summed E-state index contributed by atoms with van der Waals surface area (Å²) in [5.74, 6) is 0.409. The molecule has 44 heavy (non-hydrogen) atoms. The van der Waals surface area contributed by atoms with Crippen LogP contribution in [0, 0.1) is 12.8 Å². The number of aromatic nitrogens is 2. The Bertz CT molecular complexity index is 1720. The molecule has 230 valence electrons. The molecule has 1 aromatic heterocycles. The summed E-state index contributed by atoms with van der Waals surface area (Å²) in [5.41, 5.74) is 4.39. The fourth-order valence-corrected chi connectivity index (χ4v) is 7.40. The molecule has 5 rings (SSSR count). The van der Waals surface area contributed by atoms with Crippen molar-refractivity contribution in [2.75, 3.05) is 23.7 Å². The molecule has 1 aliphatic heterocycles. The van der Waals surface area contributed by atoms with Crippen molar-refractivity contribution in [3.8, 4) is 5.69 Å². The summed E-state index contributed by atoms with van der Waals surface area (Å²) in [6.45, 7) is 9.72. The highest BCUT2D eigenvalue weighted by atomic mass is 32.2. The van der Waals surface area contributed by atoms with Crippen molar-refractivity contribution in [2.24, 2.45) is 5.92 Å². The van der Waals surface area contributed by atoms with Gasteiger partial charge in [0.2, 0.25) is 0 Å². The number of nitrogens with zero attached hydrogens (tertiary/aromatic N) is 2. The predicted molar refractivity (Wildman–Crippen MR) is 179 cm³/mol. The van der Waals surface area contributed by atoms with Gasteiger partial charge in [0.1, 0.15) is 5.82 Å². The number of amides is 2. The number of rotatable bonds is 8. The summed E-state index contributed by atoms with van der Waals surface area (Å²) in [4.78, 5) is 13.6. The van der Waals surface area contributed by atoms with Crippen LogP contribution in [-0.2, 0) is 15.3 Å². The van der Waals surface area contributed by atoms with Crippen LogP contribution in [0.1, 0.15) is 61.2 Å². The van der Waals surface area contributed by atoms with E-state index >= 15 is 0 Å². The topological polar surface area (TPSA) is 105 Å². The number of anilines is 2. The molecular formula is C35H41N5O3S. The number of sulfone groups is 1. The first kappa shape index (κ1) is 31.2. The van der Waals surface area contributed by atoms with Gasteiger partial charge in [0.25, 0.3) is 0 Å². The Labute approximate surface area is 260 Å². The van der Waals surface area contributed by atoms with Gasteiger partial charge in [-0.15, -0.1) is 0 Å². The van der Waals surface area contributed by atoms with Crippen molar-refractivity contribution in [3.05, 3.63) is 113 Å². The van der Waals surface area contributed by atoms with E-state index in [1.165, 1.54) is 5.41 Å². The maximum Gasteiger partial charge on any atom is 0.324 e. The Hall–Kier alpha value is -4.21. The minimum Gasteiger partial charge on any atom is -0.317 e. The van der Waals surface area contributed by atoms with Gasteiger partial charge in [-0.1, -0.05) is 87.0 Å². The van der Waals surface area contributed by atoms with Crippen LogP contribution in [0.3, 0.4) is 0 Å². The number of benzene rings is 3. The molecule has 1 fully saturated rings. The molecule has 8 nitrogen and oxygen atoms in total. The lowest BCUT2D eigenvalue weighted by atomic mass is 9.89. The third kappa shape index (κ3) is 7.46. The average molecular weight is 612 g/mol. The Kier molecular flexibility index (Phi) is 9.36. The van der Waals surface area contributed by atoms with Crippen molar-refractivity contribution < 1.29 is 13.2 Å². The molecular weight excluding hydrogens is 570 g/mol. The first-order valence-corrected chi connectivity index (χ1v) is 16.6. The normalized spacial score (nSPS) is 15.3. The van der Waals surface area contributed by atoms with E-state index in [-0.39, 0.29) is 11.3 Å². The maximum absolute atomic E-state index is 14.0. The molecule has 0 spiro atoms. The molecule has 0 saturated carbocycles. The van der Waals surface area contributed by atoms with E-state index in [1.807, 2.05) is 79.7 Å². The van der Waals surface area contributed by atoms with E-state index in [0.29, 0.717) is 17.1 Å².